The summed E-state index contributed by atoms with van der Waals surface area (Å²) in [5.41, 5.74) is 8.25. The first kappa shape index (κ1) is 15.0. The van der Waals surface area contributed by atoms with Gasteiger partial charge in [0.05, 0.1) is 12.8 Å². The molecule has 108 valence electrons. The molecular weight excluding hydrogens is 274 g/mol. The van der Waals surface area contributed by atoms with E-state index in [0.717, 1.165) is 22.6 Å². The molecule has 2 rings (SSSR count). The van der Waals surface area contributed by atoms with Crippen LogP contribution in [0.15, 0.2) is 36.7 Å². The molecule has 5 heteroatoms. The van der Waals surface area contributed by atoms with Gasteiger partial charge in [-0.25, -0.2) is 0 Å². The van der Waals surface area contributed by atoms with Crippen LogP contribution < -0.4 is 5.73 Å². The Bertz CT molecular complexity index is 538. The van der Waals surface area contributed by atoms with Crippen molar-refractivity contribution in [3.8, 4) is 0 Å². The molecule has 0 aliphatic rings. The minimum atomic E-state index is -0.149. The molecule has 1 aromatic carbocycles. The van der Waals surface area contributed by atoms with Crippen LogP contribution in [0.3, 0.4) is 0 Å². The van der Waals surface area contributed by atoms with Crippen LogP contribution in [0.25, 0.3) is 0 Å². The lowest BCUT2D eigenvalue weighted by atomic mass is 10.0. The maximum atomic E-state index is 6.16. The second-order valence-electron chi connectivity index (χ2n) is 4.88. The highest BCUT2D eigenvalue weighted by atomic mass is 35.5. The van der Waals surface area contributed by atoms with Gasteiger partial charge in [-0.1, -0.05) is 30.7 Å². The Hall–Kier alpha value is -1.36. The summed E-state index contributed by atoms with van der Waals surface area (Å²) < 4.78 is 7.76. The number of ether oxygens (including phenoxy) is 1. The fraction of sp³-hybridized carbons (Fsp3) is 0.400. The largest absolute Gasteiger partial charge is 0.367 e. The molecule has 0 fully saturated rings. The van der Waals surface area contributed by atoms with Crippen molar-refractivity contribution < 1.29 is 4.74 Å². The fourth-order valence-corrected chi connectivity index (χ4v) is 2.16. The molecule has 0 amide bonds. The number of hydrogen-bond acceptors (Lipinski definition) is 3. The fourth-order valence-electron chi connectivity index (χ4n) is 2.03. The second kappa shape index (κ2) is 6.88. The molecule has 2 atom stereocenters. The summed E-state index contributed by atoms with van der Waals surface area (Å²) in [7, 11) is 1.89. The summed E-state index contributed by atoms with van der Waals surface area (Å²) in [4.78, 5) is 0. The first-order chi connectivity index (χ1) is 9.60. The highest BCUT2D eigenvalue weighted by Crippen LogP contribution is 2.23. The van der Waals surface area contributed by atoms with Crippen LogP contribution in [-0.2, 0) is 18.4 Å². The molecule has 0 spiro atoms. The van der Waals surface area contributed by atoms with Gasteiger partial charge in [-0.15, -0.1) is 0 Å². The average Bonchev–Trinajstić information content (AvgIpc) is 2.87. The lowest BCUT2D eigenvalue weighted by molar-refractivity contribution is 0.0212. The molecule has 2 N–H and O–H groups in total. The van der Waals surface area contributed by atoms with Crippen molar-refractivity contribution >= 4 is 11.6 Å². The average molecular weight is 294 g/mol. The Labute approximate surface area is 124 Å². The number of nitrogens with two attached hydrogens (primary N) is 1. The summed E-state index contributed by atoms with van der Waals surface area (Å²) >= 11 is 5.87. The number of aryl methyl sites for hydroxylation is 1. The lowest BCUT2D eigenvalue weighted by Crippen LogP contribution is -2.29. The highest BCUT2D eigenvalue weighted by molar-refractivity contribution is 6.30. The van der Waals surface area contributed by atoms with Crippen LogP contribution in [0.4, 0.5) is 0 Å². The van der Waals surface area contributed by atoms with Gasteiger partial charge >= 0.3 is 0 Å². The molecule has 0 aliphatic heterocycles. The van der Waals surface area contributed by atoms with E-state index in [-0.39, 0.29) is 12.1 Å². The van der Waals surface area contributed by atoms with E-state index >= 15 is 0 Å². The van der Waals surface area contributed by atoms with E-state index in [4.69, 9.17) is 22.1 Å². The van der Waals surface area contributed by atoms with Crippen LogP contribution in [0.2, 0.25) is 5.02 Å². The Balaban J connectivity index is 2.06. The molecule has 0 aliphatic carbocycles. The van der Waals surface area contributed by atoms with Crippen molar-refractivity contribution in [2.75, 3.05) is 0 Å². The van der Waals surface area contributed by atoms with Gasteiger partial charge in [-0.3, -0.25) is 4.68 Å². The van der Waals surface area contributed by atoms with Gasteiger partial charge in [0.2, 0.25) is 0 Å². The van der Waals surface area contributed by atoms with Crippen molar-refractivity contribution in [3.63, 3.8) is 0 Å². The zero-order chi connectivity index (χ0) is 14.5. The van der Waals surface area contributed by atoms with Gasteiger partial charge in [0.1, 0.15) is 6.10 Å². The molecule has 0 saturated carbocycles. The van der Waals surface area contributed by atoms with E-state index in [9.17, 15) is 0 Å². The maximum absolute atomic E-state index is 6.16. The van der Waals surface area contributed by atoms with Crippen LogP contribution in [0.5, 0.6) is 0 Å². The van der Waals surface area contributed by atoms with Crippen molar-refractivity contribution in [2.24, 2.45) is 12.8 Å². The van der Waals surface area contributed by atoms with Crippen LogP contribution in [-0.4, -0.2) is 15.8 Å². The minimum Gasteiger partial charge on any atom is -0.367 e. The number of benzene rings is 1. The Morgan fingerprint density at radius 3 is 2.60 bits per heavy atom. The van der Waals surface area contributed by atoms with E-state index in [1.54, 1.807) is 4.68 Å². The summed E-state index contributed by atoms with van der Waals surface area (Å²) in [6.07, 6.45) is 4.45. The maximum Gasteiger partial charge on any atom is 0.101 e. The highest BCUT2D eigenvalue weighted by Gasteiger charge is 2.20. The van der Waals surface area contributed by atoms with Gasteiger partial charge in [0, 0.05) is 29.9 Å². The zero-order valence-corrected chi connectivity index (χ0v) is 12.5. The predicted octanol–water partition coefficient (Wildman–Crippen LogP) is 3.07. The van der Waals surface area contributed by atoms with E-state index in [1.165, 1.54) is 0 Å². The van der Waals surface area contributed by atoms with Gasteiger partial charge < -0.3 is 10.5 Å². The normalized spacial score (nSPS) is 14.2. The third kappa shape index (κ3) is 3.82. The van der Waals surface area contributed by atoms with Gasteiger partial charge in [-0.2, -0.15) is 5.10 Å². The molecule has 4 nitrogen and oxygen atoms in total. The van der Waals surface area contributed by atoms with Crippen LogP contribution in [0.1, 0.15) is 30.6 Å². The molecular formula is C15H20ClN3O. The van der Waals surface area contributed by atoms with Crippen LogP contribution in [0, 0.1) is 0 Å². The predicted molar refractivity (Wildman–Crippen MR) is 80.5 cm³/mol. The second-order valence-corrected chi connectivity index (χ2v) is 5.31. The molecule has 2 unspecified atom stereocenters. The third-order valence-corrected chi connectivity index (χ3v) is 3.51. The molecule has 1 aromatic heterocycles. The molecule has 1 heterocycles. The molecule has 2 aromatic rings. The Morgan fingerprint density at radius 2 is 2.05 bits per heavy atom. The molecule has 0 saturated heterocycles. The standard InChI is InChI=1S/C15H20ClN3O/c1-3-14(17)15(12-8-18-19(2)9-12)20-10-11-4-6-13(16)7-5-11/h4-9,14-15H,3,10,17H2,1-2H3. The van der Waals surface area contributed by atoms with Crippen molar-refractivity contribution in [2.45, 2.75) is 32.1 Å². The summed E-state index contributed by atoms with van der Waals surface area (Å²) in [6.45, 7) is 2.56. The van der Waals surface area contributed by atoms with Crippen molar-refractivity contribution in [3.05, 3.63) is 52.8 Å². The number of nitrogens with zero attached hydrogens (tertiary/aromatic N) is 2. The van der Waals surface area contributed by atoms with Crippen molar-refractivity contribution in [1.29, 1.82) is 0 Å². The van der Waals surface area contributed by atoms with Gasteiger partial charge in [0.25, 0.3) is 0 Å². The molecule has 0 radical (unpaired) electrons. The van der Waals surface area contributed by atoms with E-state index in [2.05, 4.69) is 12.0 Å². The van der Waals surface area contributed by atoms with Crippen molar-refractivity contribution in [1.82, 2.24) is 9.78 Å². The number of hydrogen-bond donors (Lipinski definition) is 1. The smallest absolute Gasteiger partial charge is 0.101 e. The summed E-state index contributed by atoms with van der Waals surface area (Å²) in [6, 6.07) is 7.59. The number of rotatable bonds is 6. The summed E-state index contributed by atoms with van der Waals surface area (Å²) in [5, 5.41) is 4.91. The Kier molecular flexibility index (Phi) is 5.17. The van der Waals surface area contributed by atoms with Gasteiger partial charge in [0.15, 0.2) is 0 Å². The quantitative estimate of drug-likeness (QED) is 0.890. The first-order valence-electron chi connectivity index (χ1n) is 6.70. The zero-order valence-electron chi connectivity index (χ0n) is 11.8. The first-order valence-corrected chi connectivity index (χ1v) is 7.08. The lowest BCUT2D eigenvalue weighted by Gasteiger charge is -2.22. The SMILES string of the molecule is CCC(N)C(OCc1ccc(Cl)cc1)c1cnn(C)c1. The Morgan fingerprint density at radius 1 is 1.35 bits per heavy atom. The number of aromatic nitrogens is 2. The topological polar surface area (TPSA) is 53.1 Å². The van der Waals surface area contributed by atoms with E-state index in [0.29, 0.717) is 6.61 Å². The van der Waals surface area contributed by atoms with Crippen LogP contribution >= 0.6 is 11.6 Å². The summed E-state index contributed by atoms with van der Waals surface area (Å²) in [5.74, 6) is 0. The monoisotopic (exact) mass is 293 g/mol. The number of halogens is 1. The van der Waals surface area contributed by atoms with E-state index < -0.39 is 0 Å². The third-order valence-electron chi connectivity index (χ3n) is 3.26. The molecule has 20 heavy (non-hydrogen) atoms. The van der Waals surface area contributed by atoms with E-state index in [1.807, 2.05) is 43.7 Å². The van der Waals surface area contributed by atoms with Gasteiger partial charge in [-0.05, 0) is 24.1 Å². The molecule has 0 bridgehead atoms. The minimum absolute atomic E-state index is 0.0495.